The molecule has 0 unspecified atom stereocenters. The predicted molar refractivity (Wildman–Crippen MR) is 109 cm³/mol. The molecule has 1 aliphatic heterocycles. The lowest BCUT2D eigenvalue weighted by Gasteiger charge is -2.32. The molecule has 28 heavy (non-hydrogen) atoms. The average Bonchev–Trinajstić information content (AvgIpc) is 3.26. The van der Waals surface area contributed by atoms with E-state index in [0.717, 1.165) is 29.8 Å². The summed E-state index contributed by atoms with van der Waals surface area (Å²) in [4.78, 5) is 8.46. The molecular formula is C18H27N7O2S. The summed E-state index contributed by atoms with van der Waals surface area (Å²) < 4.78 is 25.5. The number of guanidine groups is 1. The Balaban J connectivity index is 1.51. The zero-order valence-corrected chi connectivity index (χ0v) is 17.0. The number of benzene rings is 1. The number of rotatable bonds is 6. The van der Waals surface area contributed by atoms with Gasteiger partial charge in [-0.15, -0.1) is 0 Å². The van der Waals surface area contributed by atoms with E-state index in [0.29, 0.717) is 25.6 Å². The van der Waals surface area contributed by atoms with Crippen molar-refractivity contribution in [1.82, 2.24) is 30.1 Å². The van der Waals surface area contributed by atoms with E-state index in [9.17, 15) is 8.42 Å². The Morgan fingerprint density at radius 2 is 2.14 bits per heavy atom. The van der Waals surface area contributed by atoms with E-state index in [1.54, 1.807) is 18.3 Å². The highest BCUT2D eigenvalue weighted by atomic mass is 32.2. The summed E-state index contributed by atoms with van der Waals surface area (Å²) >= 11 is 0. The van der Waals surface area contributed by atoms with Crippen LogP contribution in [0.25, 0.3) is 11.4 Å². The number of H-pyrrole nitrogens is 1. The second-order valence-corrected chi connectivity index (χ2v) is 8.94. The first-order valence-electron chi connectivity index (χ1n) is 9.41. The molecule has 0 amide bonds. The highest BCUT2D eigenvalue weighted by molar-refractivity contribution is 7.89. The normalized spacial score (nSPS) is 16.9. The molecule has 0 aliphatic carbocycles. The van der Waals surface area contributed by atoms with Gasteiger partial charge in [0.1, 0.15) is 6.33 Å². The molecule has 0 radical (unpaired) electrons. The molecule has 152 valence electrons. The molecule has 1 aliphatic rings. The largest absolute Gasteiger partial charge is 0.354 e. The topological polar surface area (TPSA) is 115 Å². The molecule has 9 nitrogen and oxygen atoms in total. The summed E-state index contributed by atoms with van der Waals surface area (Å²) in [7, 11) is -1.37. The fourth-order valence-electron chi connectivity index (χ4n) is 3.21. The van der Waals surface area contributed by atoms with Gasteiger partial charge in [0.05, 0.1) is 5.75 Å². The van der Waals surface area contributed by atoms with Crippen molar-refractivity contribution in [3.8, 4) is 11.4 Å². The maximum absolute atomic E-state index is 12.0. The van der Waals surface area contributed by atoms with Crippen molar-refractivity contribution in [3.63, 3.8) is 0 Å². The number of aliphatic imine (C=N–C) groups is 1. The Morgan fingerprint density at radius 3 is 2.79 bits per heavy atom. The quantitative estimate of drug-likeness (QED) is 0.487. The molecule has 0 spiro atoms. The standard InChI is InChI=1S/C18H27N7O2S/c1-3-28(26,27)25-9-7-16(8-10-25)23-18(19-2)20-12-14-5-4-6-15(11-14)17-21-13-22-24-17/h4-6,11,13,16H,3,7-10,12H2,1-2H3,(H2,19,20,23)(H,21,22,24). The van der Waals surface area contributed by atoms with Crippen LogP contribution < -0.4 is 10.6 Å². The molecule has 3 N–H and O–H groups in total. The van der Waals surface area contributed by atoms with Crippen LogP contribution in [-0.4, -0.2) is 65.8 Å². The first-order valence-corrected chi connectivity index (χ1v) is 11.0. The zero-order chi connectivity index (χ0) is 20.0. The van der Waals surface area contributed by atoms with Crippen LogP contribution in [0.2, 0.25) is 0 Å². The third kappa shape index (κ3) is 5.08. The molecule has 1 aromatic carbocycles. The van der Waals surface area contributed by atoms with Gasteiger partial charge in [-0.05, 0) is 31.4 Å². The van der Waals surface area contributed by atoms with Crippen molar-refractivity contribution in [3.05, 3.63) is 36.2 Å². The molecule has 0 atom stereocenters. The number of aromatic amines is 1. The molecule has 2 heterocycles. The van der Waals surface area contributed by atoms with Crippen LogP contribution in [0.3, 0.4) is 0 Å². The summed E-state index contributed by atoms with van der Waals surface area (Å²) in [6.07, 6.45) is 3.02. The highest BCUT2D eigenvalue weighted by Gasteiger charge is 2.26. The minimum absolute atomic E-state index is 0.154. The Labute approximate surface area is 165 Å². The lowest BCUT2D eigenvalue weighted by atomic mass is 10.1. The van der Waals surface area contributed by atoms with Crippen LogP contribution in [-0.2, 0) is 16.6 Å². The number of nitrogens with one attached hydrogen (secondary N) is 3. The Kier molecular flexibility index (Phi) is 6.63. The van der Waals surface area contributed by atoms with Crippen molar-refractivity contribution in [2.45, 2.75) is 32.4 Å². The van der Waals surface area contributed by atoms with Crippen LogP contribution in [0, 0.1) is 0 Å². The smallest absolute Gasteiger partial charge is 0.213 e. The van der Waals surface area contributed by atoms with E-state index in [1.807, 2.05) is 18.2 Å². The van der Waals surface area contributed by atoms with Crippen molar-refractivity contribution < 1.29 is 8.42 Å². The van der Waals surface area contributed by atoms with Gasteiger partial charge in [0.15, 0.2) is 11.8 Å². The van der Waals surface area contributed by atoms with Gasteiger partial charge in [0.2, 0.25) is 10.0 Å². The monoisotopic (exact) mass is 405 g/mol. The lowest BCUT2D eigenvalue weighted by Crippen LogP contribution is -2.49. The SMILES string of the molecule is CCS(=O)(=O)N1CCC(NC(=NC)NCc2cccc(-c3ncn[nH]3)c2)CC1. The van der Waals surface area contributed by atoms with E-state index < -0.39 is 10.0 Å². The van der Waals surface area contributed by atoms with Gasteiger partial charge in [-0.3, -0.25) is 10.1 Å². The van der Waals surface area contributed by atoms with Crippen LogP contribution in [0.15, 0.2) is 35.6 Å². The number of nitrogens with zero attached hydrogens (tertiary/aromatic N) is 4. The van der Waals surface area contributed by atoms with E-state index in [4.69, 9.17) is 0 Å². The minimum atomic E-state index is -3.10. The van der Waals surface area contributed by atoms with E-state index in [1.165, 1.54) is 6.33 Å². The molecule has 0 bridgehead atoms. The lowest BCUT2D eigenvalue weighted by molar-refractivity contribution is 0.306. The summed E-state index contributed by atoms with van der Waals surface area (Å²) in [5.74, 6) is 1.60. The number of aromatic nitrogens is 3. The van der Waals surface area contributed by atoms with Gasteiger partial charge in [0.25, 0.3) is 0 Å². The molecule has 1 aromatic heterocycles. The third-order valence-corrected chi connectivity index (χ3v) is 6.73. The average molecular weight is 406 g/mol. The fourth-order valence-corrected chi connectivity index (χ4v) is 4.34. The van der Waals surface area contributed by atoms with Gasteiger partial charge in [-0.2, -0.15) is 5.10 Å². The number of piperidine rings is 1. The van der Waals surface area contributed by atoms with Gasteiger partial charge in [-0.1, -0.05) is 18.2 Å². The number of sulfonamides is 1. The number of hydrogen-bond donors (Lipinski definition) is 3. The Bertz CT molecular complexity index is 888. The van der Waals surface area contributed by atoms with E-state index >= 15 is 0 Å². The maximum Gasteiger partial charge on any atom is 0.213 e. The van der Waals surface area contributed by atoms with Crippen LogP contribution in [0.1, 0.15) is 25.3 Å². The molecule has 2 aromatic rings. The predicted octanol–water partition coefficient (Wildman–Crippen LogP) is 0.951. The van der Waals surface area contributed by atoms with Gasteiger partial charge in [0, 0.05) is 38.3 Å². The van der Waals surface area contributed by atoms with E-state index in [-0.39, 0.29) is 11.8 Å². The fraction of sp³-hybridized carbons (Fsp3) is 0.500. The summed E-state index contributed by atoms with van der Waals surface area (Å²) in [5.41, 5.74) is 2.07. The molecule has 1 fully saturated rings. The summed E-state index contributed by atoms with van der Waals surface area (Å²) in [6, 6.07) is 8.25. The van der Waals surface area contributed by atoms with Crippen molar-refractivity contribution in [2.75, 3.05) is 25.9 Å². The number of hydrogen-bond acceptors (Lipinski definition) is 5. The maximum atomic E-state index is 12.0. The molecular weight excluding hydrogens is 378 g/mol. The van der Waals surface area contributed by atoms with Crippen LogP contribution in [0.4, 0.5) is 0 Å². The first kappa shape index (κ1) is 20.3. The van der Waals surface area contributed by atoms with Crippen LogP contribution in [0.5, 0.6) is 0 Å². The second-order valence-electron chi connectivity index (χ2n) is 6.68. The van der Waals surface area contributed by atoms with Gasteiger partial charge >= 0.3 is 0 Å². The van der Waals surface area contributed by atoms with Gasteiger partial charge in [-0.25, -0.2) is 17.7 Å². The van der Waals surface area contributed by atoms with Crippen LogP contribution >= 0.6 is 0 Å². The first-order chi connectivity index (χ1) is 13.5. The molecule has 10 heteroatoms. The third-order valence-electron chi connectivity index (χ3n) is 4.85. The highest BCUT2D eigenvalue weighted by Crippen LogP contribution is 2.16. The summed E-state index contributed by atoms with van der Waals surface area (Å²) in [5, 5.41) is 13.5. The molecule has 0 saturated carbocycles. The van der Waals surface area contributed by atoms with E-state index in [2.05, 4.69) is 36.9 Å². The zero-order valence-electron chi connectivity index (χ0n) is 16.2. The van der Waals surface area contributed by atoms with Crippen molar-refractivity contribution >= 4 is 16.0 Å². The van der Waals surface area contributed by atoms with Crippen molar-refractivity contribution in [2.24, 2.45) is 4.99 Å². The Morgan fingerprint density at radius 1 is 1.36 bits per heavy atom. The Hall–Kier alpha value is -2.46. The molecule has 3 rings (SSSR count). The van der Waals surface area contributed by atoms with Gasteiger partial charge < -0.3 is 10.6 Å². The molecule has 1 saturated heterocycles. The second kappa shape index (κ2) is 9.16. The minimum Gasteiger partial charge on any atom is -0.354 e. The van der Waals surface area contributed by atoms with Crippen molar-refractivity contribution in [1.29, 1.82) is 0 Å². The summed E-state index contributed by atoms with van der Waals surface area (Å²) in [6.45, 7) is 3.39.